The lowest BCUT2D eigenvalue weighted by Gasteiger charge is -2.41. The van der Waals surface area contributed by atoms with E-state index in [1.807, 2.05) is 0 Å². The number of hydrogen-bond donors (Lipinski definition) is 1. The minimum Gasteiger partial charge on any atom is -0.348 e. The van der Waals surface area contributed by atoms with E-state index in [9.17, 15) is 30.7 Å². The SMILES string of the molecule is C[C@@H](O[C@H]1OCCN(c2nnn[nH]2)[C@H]1c1ccc(F)cc1)c1cc(C(F)(F)F)cc(C(F)(F)F)c1. The highest BCUT2D eigenvalue weighted by Crippen LogP contribution is 2.40. The molecule has 0 saturated carbocycles. The van der Waals surface area contributed by atoms with Crippen LogP contribution in [0.25, 0.3) is 0 Å². The topological polar surface area (TPSA) is 76.2 Å². The fourth-order valence-corrected chi connectivity index (χ4v) is 3.76. The molecule has 0 aliphatic carbocycles. The van der Waals surface area contributed by atoms with Gasteiger partial charge >= 0.3 is 12.4 Å². The van der Waals surface area contributed by atoms with Gasteiger partial charge < -0.3 is 14.4 Å². The number of H-pyrrole nitrogens is 1. The normalized spacial score (nSPS) is 20.2. The molecule has 188 valence electrons. The molecule has 14 heteroatoms. The zero-order chi connectivity index (χ0) is 25.4. The van der Waals surface area contributed by atoms with Crippen LogP contribution in [0.1, 0.15) is 41.3 Å². The molecule has 4 rings (SSSR count). The van der Waals surface area contributed by atoms with Crippen molar-refractivity contribution in [2.75, 3.05) is 18.1 Å². The van der Waals surface area contributed by atoms with Crippen molar-refractivity contribution in [2.45, 2.75) is 37.7 Å². The molecular weight excluding hydrogens is 487 g/mol. The number of halogens is 7. The Morgan fingerprint density at radius 3 is 2.20 bits per heavy atom. The maximum absolute atomic E-state index is 13.5. The summed E-state index contributed by atoms with van der Waals surface area (Å²) in [5.74, 6) is -0.282. The zero-order valence-electron chi connectivity index (χ0n) is 17.9. The molecule has 0 bridgehead atoms. The van der Waals surface area contributed by atoms with Crippen LogP contribution in [0.2, 0.25) is 0 Å². The molecule has 3 atom stereocenters. The number of tetrazole rings is 1. The summed E-state index contributed by atoms with van der Waals surface area (Å²) < 4.78 is 105. The van der Waals surface area contributed by atoms with Crippen molar-refractivity contribution in [3.05, 3.63) is 70.5 Å². The molecule has 1 aliphatic heterocycles. The first-order valence-corrected chi connectivity index (χ1v) is 10.3. The van der Waals surface area contributed by atoms with Gasteiger partial charge in [0.05, 0.1) is 23.8 Å². The maximum Gasteiger partial charge on any atom is 0.416 e. The lowest BCUT2D eigenvalue weighted by atomic mass is 10.0. The van der Waals surface area contributed by atoms with Crippen LogP contribution in [0.5, 0.6) is 0 Å². The number of ether oxygens (including phenoxy) is 2. The van der Waals surface area contributed by atoms with Gasteiger partial charge in [0.25, 0.3) is 0 Å². The van der Waals surface area contributed by atoms with Gasteiger partial charge in [-0.1, -0.05) is 17.2 Å². The van der Waals surface area contributed by atoms with Crippen molar-refractivity contribution in [1.29, 1.82) is 0 Å². The lowest BCUT2D eigenvalue weighted by Crippen LogP contribution is -2.47. The van der Waals surface area contributed by atoms with E-state index >= 15 is 0 Å². The van der Waals surface area contributed by atoms with Gasteiger partial charge in [-0.2, -0.15) is 26.3 Å². The van der Waals surface area contributed by atoms with E-state index in [-0.39, 0.29) is 30.7 Å². The van der Waals surface area contributed by atoms with Gasteiger partial charge in [0, 0.05) is 6.54 Å². The van der Waals surface area contributed by atoms with Crippen LogP contribution < -0.4 is 4.90 Å². The lowest BCUT2D eigenvalue weighted by molar-refractivity contribution is -0.192. The number of benzene rings is 2. The van der Waals surface area contributed by atoms with Crippen molar-refractivity contribution < 1.29 is 40.2 Å². The molecule has 0 radical (unpaired) electrons. The second-order valence-electron chi connectivity index (χ2n) is 7.77. The van der Waals surface area contributed by atoms with Crippen LogP contribution in [-0.4, -0.2) is 40.1 Å². The van der Waals surface area contributed by atoms with Crippen LogP contribution in [-0.2, 0) is 21.8 Å². The molecule has 0 amide bonds. The van der Waals surface area contributed by atoms with Crippen LogP contribution in [0.4, 0.5) is 36.7 Å². The fourth-order valence-electron chi connectivity index (χ4n) is 3.76. The van der Waals surface area contributed by atoms with Crippen molar-refractivity contribution in [1.82, 2.24) is 20.6 Å². The average molecular weight is 505 g/mol. The summed E-state index contributed by atoms with van der Waals surface area (Å²) >= 11 is 0. The molecule has 1 aromatic heterocycles. The first kappa shape index (κ1) is 24.9. The van der Waals surface area contributed by atoms with E-state index in [0.717, 1.165) is 0 Å². The second-order valence-corrected chi connectivity index (χ2v) is 7.77. The number of morpholine rings is 1. The Morgan fingerprint density at radius 2 is 1.66 bits per heavy atom. The number of hydrogen-bond acceptors (Lipinski definition) is 6. The van der Waals surface area contributed by atoms with Gasteiger partial charge in [-0.05, 0) is 58.8 Å². The van der Waals surface area contributed by atoms with E-state index in [4.69, 9.17) is 9.47 Å². The molecular formula is C21H18F7N5O2. The van der Waals surface area contributed by atoms with Crippen molar-refractivity contribution in [3.8, 4) is 0 Å². The molecule has 3 aromatic rings. The number of nitrogens with one attached hydrogen (secondary N) is 1. The third kappa shape index (κ3) is 5.53. The Morgan fingerprint density at radius 1 is 1.03 bits per heavy atom. The van der Waals surface area contributed by atoms with E-state index in [1.165, 1.54) is 31.2 Å². The Labute approximate surface area is 193 Å². The molecule has 1 saturated heterocycles. The third-order valence-electron chi connectivity index (χ3n) is 5.44. The van der Waals surface area contributed by atoms with Crippen LogP contribution in [0, 0.1) is 5.82 Å². The van der Waals surface area contributed by atoms with Crippen LogP contribution in [0.15, 0.2) is 42.5 Å². The summed E-state index contributed by atoms with van der Waals surface area (Å²) in [5.41, 5.74) is -2.75. The number of aromatic amines is 1. The Bertz CT molecular complexity index is 1100. The number of rotatable bonds is 5. The maximum atomic E-state index is 13.5. The molecule has 0 spiro atoms. The summed E-state index contributed by atoms with van der Waals surface area (Å²) in [7, 11) is 0. The van der Waals surface area contributed by atoms with Crippen LogP contribution >= 0.6 is 0 Å². The Hall–Kier alpha value is -3.26. The fraction of sp³-hybridized carbons (Fsp3) is 0.381. The minimum atomic E-state index is -5.00. The molecule has 0 unspecified atom stereocenters. The minimum absolute atomic E-state index is 0.0489. The predicted molar refractivity (Wildman–Crippen MR) is 106 cm³/mol. The van der Waals surface area contributed by atoms with Gasteiger partial charge in [0.2, 0.25) is 5.95 Å². The Kier molecular flexibility index (Phi) is 6.68. The number of anilines is 1. The molecule has 35 heavy (non-hydrogen) atoms. The summed E-state index contributed by atoms with van der Waals surface area (Å²) in [4.78, 5) is 1.65. The quantitative estimate of drug-likeness (QED) is 0.489. The largest absolute Gasteiger partial charge is 0.416 e. The monoisotopic (exact) mass is 505 g/mol. The van der Waals surface area contributed by atoms with E-state index in [2.05, 4.69) is 20.6 Å². The van der Waals surface area contributed by atoms with E-state index < -0.39 is 47.7 Å². The molecule has 2 aromatic carbocycles. The molecule has 2 heterocycles. The van der Waals surface area contributed by atoms with E-state index in [1.54, 1.807) is 4.90 Å². The summed E-state index contributed by atoms with van der Waals surface area (Å²) in [6.07, 6.45) is -12.4. The van der Waals surface area contributed by atoms with Gasteiger partial charge in [-0.3, -0.25) is 0 Å². The molecule has 1 aliphatic rings. The van der Waals surface area contributed by atoms with Gasteiger partial charge in [0.15, 0.2) is 6.29 Å². The molecule has 1 N–H and O–H groups in total. The smallest absolute Gasteiger partial charge is 0.348 e. The summed E-state index contributed by atoms with van der Waals surface area (Å²) in [6, 6.07) is 5.77. The molecule has 1 fully saturated rings. The highest BCUT2D eigenvalue weighted by atomic mass is 19.4. The van der Waals surface area contributed by atoms with Gasteiger partial charge in [-0.15, -0.1) is 0 Å². The summed E-state index contributed by atoms with van der Waals surface area (Å²) in [6.45, 7) is 1.68. The van der Waals surface area contributed by atoms with Gasteiger partial charge in [0.1, 0.15) is 11.9 Å². The van der Waals surface area contributed by atoms with Crippen molar-refractivity contribution >= 4 is 5.95 Å². The van der Waals surface area contributed by atoms with Crippen molar-refractivity contribution in [3.63, 3.8) is 0 Å². The number of alkyl halides is 6. The Balaban J connectivity index is 1.69. The van der Waals surface area contributed by atoms with Crippen LogP contribution in [0.3, 0.4) is 0 Å². The first-order valence-electron chi connectivity index (χ1n) is 10.3. The standard InChI is InChI=1S/C21H18F7N5O2/c1-11(13-8-14(20(23,24)25)10-15(9-13)21(26,27)28)35-18-17(12-2-4-16(22)5-3-12)33(6-7-34-18)19-29-31-32-30-19/h2-5,8-11,17-18H,6-7H2,1H3,(H,29,30,31,32)/t11-,17+,18-/m1/s1. The molecule has 7 nitrogen and oxygen atoms in total. The highest BCUT2D eigenvalue weighted by molar-refractivity contribution is 5.37. The predicted octanol–water partition coefficient (Wildman–Crippen LogP) is 5.06. The van der Waals surface area contributed by atoms with E-state index in [0.29, 0.717) is 17.7 Å². The number of aromatic nitrogens is 4. The first-order chi connectivity index (χ1) is 16.4. The highest BCUT2D eigenvalue weighted by Gasteiger charge is 2.40. The zero-order valence-corrected chi connectivity index (χ0v) is 17.9. The number of nitrogens with zero attached hydrogens (tertiary/aromatic N) is 4. The van der Waals surface area contributed by atoms with Crippen molar-refractivity contribution in [2.24, 2.45) is 0 Å². The second kappa shape index (κ2) is 9.41. The average Bonchev–Trinajstić information content (AvgIpc) is 3.33. The van der Waals surface area contributed by atoms with Gasteiger partial charge in [-0.25, -0.2) is 9.49 Å². The summed E-state index contributed by atoms with van der Waals surface area (Å²) in [5, 5.41) is 13.5. The third-order valence-corrected chi connectivity index (χ3v) is 5.44.